The molecule has 3 rings (SSSR count). The molecule has 2 amide bonds. The number of imidazole rings is 1. The topological polar surface area (TPSA) is 164 Å². The van der Waals surface area contributed by atoms with E-state index >= 15 is 0 Å². The van der Waals surface area contributed by atoms with Crippen LogP contribution in [0.3, 0.4) is 0 Å². The van der Waals surface area contributed by atoms with Crippen molar-refractivity contribution >= 4 is 28.7 Å². The summed E-state index contributed by atoms with van der Waals surface area (Å²) in [6.45, 7) is 14.1. The van der Waals surface area contributed by atoms with Gasteiger partial charge in [-0.25, -0.2) is 19.7 Å². The Kier molecular flexibility index (Phi) is 12.4. The van der Waals surface area contributed by atoms with E-state index in [9.17, 15) is 4.79 Å². The van der Waals surface area contributed by atoms with Crippen molar-refractivity contribution < 1.29 is 19.7 Å². The zero-order valence-electron chi connectivity index (χ0n) is 25.7. The number of anilines is 2. The van der Waals surface area contributed by atoms with E-state index < -0.39 is 5.79 Å². The summed E-state index contributed by atoms with van der Waals surface area (Å²) in [5, 5.41) is 22.0. The van der Waals surface area contributed by atoms with Gasteiger partial charge in [0.2, 0.25) is 0 Å². The predicted molar refractivity (Wildman–Crippen MR) is 162 cm³/mol. The molecule has 1 aromatic carbocycles. The first-order valence-electron chi connectivity index (χ1n) is 13.8. The van der Waals surface area contributed by atoms with Gasteiger partial charge in [-0.15, -0.1) is 0 Å². The van der Waals surface area contributed by atoms with Crippen LogP contribution in [0, 0.1) is 5.92 Å². The Balaban J connectivity index is 0.00000108. The molecule has 0 spiro atoms. The summed E-state index contributed by atoms with van der Waals surface area (Å²) in [4.78, 5) is 27.2. The minimum Gasteiger partial charge on any atom is -0.382 e. The van der Waals surface area contributed by atoms with Crippen LogP contribution >= 0.6 is 0 Å². The molecular formula is C29H48N8O4. The first-order valence-corrected chi connectivity index (χ1v) is 13.8. The number of nitrogens with two attached hydrogens (primary N) is 1. The summed E-state index contributed by atoms with van der Waals surface area (Å²) < 4.78 is 7.69. The van der Waals surface area contributed by atoms with E-state index in [-0.39, 0.29) is 23.5 Å². The van der Waals surface area contributed by atoms with Crippen LogP contribution in [-0.2, 0) is 16.7 Å². The largest absolute Gasteiger partial charge is 0.382 e. The number of aryl methyl sites for hydroxylation is 1. The molecule has 0 aliphatic rings. The number of fused-ring (bicyclic) bond motifs is 1. The van der Waals surface area contributed by atoms with Crippen LogP contribution < -0.4 is 16.4 Å². The number of hydrogen-bond donors (Lipinski definition) is 5. The minimum atomic E-state index is -1.50. The fourth-order valence-corrected chi connectivity index (χ4v) is 4.14. The van der Waals surface area contributed by atoms with Crippen molar-refractivity contribution in [3.63, 3.8) is 0 Å². The minimum absolute atomic E-state index is 0.0474. The lowest BCUT2D eigenvalue weighted by atomic mass is 9.87. The average molecular weight is 573 g/mol. The highest BCUT2D eigenvalue weighted by Crippen LogP contribution is 2.23. The maximum Gasteiger partial charge on any atom is 0.319 e. The number of urea groups is 1. The van der Waals surface area contributed by atoms with Crippen LogP contribution in [0.4, 0.5) is 16.3 Å². The molecule has 228 valence electrons. The lowest BCUT2D eigenvalue weighted by Gasteiger charge is -2.26. The van der Waals surface area contributed by atoms with E-state index in [0.29, 0.717) is 24.4 Å². The smallest absolute Gasteiger partial charge is 0.319 e. The van der Waals surface area contributed by atoms with Gasteiger partial charge < -0.3 is 40.8 Å². The number of nitrogens with one attached hydrogen (secondary N) is 2. The summed E-state index contributed by atoms with van der Waals surface area (Å²) in [7, 11) is 3.80. The Bertz CT molecular complexity index is 1210. The molecule has 0 radical (unpaired) electrons. The van der Waals surface area contributed by atoms with E-state index in [1.54, 1.807) is 13.4 Å². The van der Waals surface area contributed by atoms with Crippen molar-refractivity contribution in [2.75, 3.05) is 44.8 Å². The van der Waals surface area contributed by atoms with Crippen molar-refractivity contribution in [3.8, 4) is 0 Å². The summed E-state index contributed by atoms with van der Waals surface area (Å²) in [5.74, 6) is -0.838. The van der Waals surface area contributed by atoms with Crippen LogP contribution in [-0.4, -0.2) is 86.3 Å². The summed E-state index contributed by atoms with van der Waals surface area (Å²) in [5.41, 5.74) is 9.33. The van der Waals surface area contributed by atoms with Crippen molar-refractivity contribution in [2.24, 2.45) is 5.92 Å². The van der Waals surface area contributed by atoms with Gasteiger partial charge in [-0.3, -0.25) is 0 Å². The number of rotatable bonds is 11. The maximum absolute atomic E-state index is 12.3. The molecule has 0 saturated carbocycles. The molecule has 2 aromatic heterocycles. The van der Waals surface area contributed by atoms with Gasteiger partial charge in [-0.05, 0) is 56.3 Å². The zero-order chi connectivity index (χ0) is 30.8. The van der Waals surface area contributed by atoms with Crippen molar-refractivity contribution in [1.82, 2.24) is 29.7 Å². The molecule has 3 aromatic rings. The number of aromatic nitrogens is 4. The Morgan fingerprint density at radius 3 is 2.32 bits per heavy atom. The Morgan fingerprint density at radius 1 is 1.10 bits per heavy atom. The molecular weight excluding hydrogens is 524 g/mol. The van der Waals surface area contributed by atoms with Gasteiger partial charge in [-0.2, -0.15) is 0 Å². The number of carbonyl (C=O) groups excluding carboxylic acids is 1. The molecule has 2 atom stereocenters. The maximum atomic E-state index is 12.3. The van der Waals surface area contributed by atoms with Gasteiger partial charge in [-0.1, -0.05) is 39.8 Å². The molecule has 0 aliphatic heterocycles. The molecule has 0 bridgehead atoms. The molecule has 2 heterocycles. The SMILES string of the molecule is CC(C)(O)O.COC(CCn1cnc2c(N)ncnc21)CN(C)CC(C)CNC(=O)Nc1ccc(C(C)(C)C)cc1. The average Bonchev–Trinajstić information content (AvgIpc) is 3.28. The summed E-state index contributed by atoms with van der Waals surface area (Å²) in [6, 6.07) is 7.79. The first kappa shape index (κ1) is 33.9. The number of methoxy groups -OCH3 is 1. The normalized spacial score (nSPS) is 13.4. The van der Waals surface area contributed by atoms with E-state index in [1.165, 1.54) is 25.7 Å². The predicted octanol–water partition coefficient (Wildman–Crippen LogP) is 3.21. The van der Waals surface area contributed by atoms with E-state index in [2.05, 4.69) is 77.4 Å². The molecule has 12 nitrogen and oxygen atoms in total. The second kappa shape index (κ2) is 15.1. The Labute approximate surface area is 243 Å². The third kappa shape index (κ3) is 12.4. The van der Waals surface area contributed by atoms with Crippen LogP contribution in [0.2, 0.25) is 0 Å². The van der Waals surface area contributed by atoms with Gasteiger partial charge in [0.25, 0.3) is 0 Å². The second-order valence-corrected chi connectivity index (χ2v) is 12.0. The van der Waals surface area contributed by atoms with Crippen molar-refractivity contribution in [2.45, 2.75) is 71.8 Å². The Morgan fingerprint density at radius 2 is 1.73 bits per heavy atom. The number of likely N-dealkylation sites (N-methyl/N-ethyl adjacent to an activating group) is 1. The molecule has 0 aliphatic carbocycles. The zero-order valence-corrected chi connectivity index (χ0v) is 25.7. The quantitative estimate of drug-likeness (QED) is 0.217. The van der Waals surface area contributed by atoms with Gasteiger partial charge in [0.05, 0.1) is 12.4 Å². The van der Waals surface area contributed by atoms with Crippen molar-refractivity contribution in [1.29, 1.82) is 0 Å². The number of aliphatic hydroxyl groups is 2. The van der Waals surface area contributed by atoms with Crippen LogP contribution in [0.25, 0.3) is 11.2 Å². The lowest BCUT2D eigenvalue weighted by Crippen LogP contribution is -2.39. The van der Waals surface area contributed by atoms with Crippen LogP contribution in [0.5, 0.6) is 0 Å². The molecule has 2 unspecified atom stereocenters. The first-order chi connectivity index (χ1) is 19.1. The molecule has 0 saturated heterocycles. The fourth-order valence-electron chi connectivity index (χ4n) is 4.14. The van der Waals surface area contributed by atoms with Crippen LogP contribution in [0.1, 0.15) is 53.5 Å². The lowest BCUT2D eigenvalue weighted by molar-refractivity contribution is -0.127. The number of nitrogens with zero attached hydrogens (tertiary/aromatic N) is 5. The van der Waals surface area contributed by atoms with Gasteiger partial charge in [0, 0.05) is 39.0 Å². The van der Waals surface area contributed by atoms with Crippen LogP contribution in [0.15, 0.2) is 36.9 Å². The van der Waals surface area contributed by atoms with E-state index in [4.69, 9.17) is 20.7 Å². The number of hydrogen-bond acceptors (Lipinski definition) is 9. The standard InChI is InChI=1S/C26H40N8O2.C3H8O2/c1-18(13-28-25(35)32-20-9-7-19(8-10-20)26(2,3)4)14-33(5)15-21(36-6)11-12-34-17-31-22-23(27)29-16-30-24(22)34;1-3(2,4)5/h7-10,16-18,21H,11-15H2,1-6H3,(H2,27,29,30)(H2,28,32,35);4-5H,1-2H3. The highest BCUT2D eigenvalue weighted by molar-refractivity contribution is 5.89. The molecule has 6 N–H and O–H groups in total. The van der Waals surface area contributed by atoms with Crippen molar-refractivity contribution in [3.05, 3.63) is 42.5 Å². The number of ether oxygens (including phenoxy) is 1. The van der Waals surface area contributed by atoms with E-state index in [1.807, 2.05) is 16.7 Å². The highest BCUT2D eigenvalue weighted by Gasteiger charge is 2.16. The fraction of sp³-hybridized carbons (Fsp3) is 0.586. The van der Waals surface area contributed by atoms with Gasteiger partial charge in [0.15, 0.2) is 17.3 Å². The monoisotopic (exact) mass is 572 g/mol. The second-order valence-electron chi connectivity index (χ2n) is 12.0. The molecule has 12 heteroatoms. The van der Waals surface area contributed by atoms with Gasteiger partial charge in [0.1, 0.15) is 11.8 Å². The van der Waals surface area contributed by atoms with E-state index in [0.717, 1.165) is 30.8 Å². The molecule has 0 fully saturated rings. The molecule has 41 heavy (non-hydrogen) atoms. The third-order valence-electron chi connectivity index (χ3n) is 6.21. The Hall–Kier alpha value is -3.32. The number of benzene rings is 1. The number of carbonyl (C=O) groups is 1. The number of amides is 2. The summed E-state index contributed by atoms with van der Waals surface area (Å²) >= 11 is 0. The number of nitrogen functional groups attached to an aromatic ring is 1. The van der Waals surface area contributed by atoms with Gasteiger partial charge >= 0.3 is 6.03 Å². The third-order valence-corrected chi connectivity index (χ3v) is 6.21. The highest BCUT2D eigenvalue weighted by atomic mass is 16.5. The summed E-state index contributed by atoms with van der Waals surface area (Å²) in [6.07, 6.45) is 4.05.